The standard InChI is InChI=1S/C22H24N4O/c1-3-26(4-2)20-13-10-18(11-14-20)24-19-12-15-21(23-16-19)22(27)25-17-8-6-5-7-9-17/h5-16,24H,3-4H2,1-2H3,(H,25,27). The first-order chi connectivity index (χ1) is 13.2. The SMILES string of the molecule is CCN(CC)c1ccc(Nc2ccc(C(=O)Nc3ccccc3)nc2)cc1. The van der Waals surface area contributed by atoms with E-state index in [1.807, 2.05) is 48.5 Å². The first kappa shape index (κ1) is 18.5. The molecule has 2 N–H and O–H groups in total. The van der Waals surface area contributed by atoms with Crippen molar-refractivity contribution in [1.29, 1.82) is 0 Å². The molecular formula is C22H24N4O. The highest BCUT2D eigenvalue weighted by Gasteiger charge is 2.08. The van der Waals surface area contributed by atoms with Crippen LogP contribution in [0.3, 0.4) is 0 Å². The lowest BCUT2D eigenvalue weighted by Gasteiger charge is -2.21. The Morgan fingerprint density at radius 2 is 1.52 bits per heavy atom. The molecule has 5 heteroatoms. The van der Waals surface area contributed by atoms with E-state index in [4.69, 9.17) is 0 Å². The number of hydrogen-bond donors (Lipinski definition) is 2. The van der Waals surface area contributed by atoms with E-state index in [1.165, 1.54) is 5.69 Å². The molecule has 0 spiro atoms. The molecule has 3 rings (SSSR count). The van der Waals surface area contributed by atoms with E-state index in [-0.39, 0.29) is 5.91 Å². The number of para-hydroxylation sites is 1. The molecule has 0 aliphatic heterocycles. The molecule has 0 bridgehead atoms. The van der Waals surface area contributed by atoms with Crippen LogP contribution in [0.4, 0.5) is 22.7 Å². The topological polar surface area (TPSA) is 57.3 Å². The highest BCUT2D eigenvalue weighted by atomic mass is 16.1. The molecule has 0 aliphatic rings. The number of amides is 1. The summed E-state index contributed by atoms with van der Waals surface area (Å²) in [4.78, 5) is 18.8. The van der Waals surface area contributed by atoms with Gasteiger partial charge < -0.3 is 15.5 Å². The molecule has 138 valence electrons. The van der Waals surface area contributed by atoms with Gasteiger partial charge in [0.05, 0.1) is 11.9 Å². The fourth-order valence-corrected chi connectivity index (χ4v) is 2.83. The van der Waals surface area contributed by atoms with Crippen LogP contribution in [-0.2, 0) is 0 Å². The van der Waals surface area contributed by atoms with Crippen LogP contribution in [0.25, 0.3) is 0 Å². The number of nitrogens with one attached hydrogen (secondary N) is 2. The number of aromatic nitrogens is 1. The van der Waals surface area contributed by atoms with Crippen molar-refractivity contribution in [3.05, 3.63) is 78.6 Å². The summed E-state index contributed by atoms with van der Waals surface area (Å²) in [7, 11) is 0. The summed E-state index contributed by atoms with van der Waals surface area (Å²) in [5.41, 5.74) is 4.15. The molecule has 0 saturated carbocycles. The molecule has 1 amide bonds. The van der Waals surface area contributed by atoms with Crippen molar-refractivity contribution in [2.24, 2.45) is 0 Å². The minimum absolute atomic E-state index is 0.226. The van der Waals surface area contributed by atoms with E-state index in [1.54, 1.807) is 12.3 Å². The number of anilines is 4. The monoisotopic (exact) mass is 360 g/mol. The van der Waals surface area contributed by atoms with Crippen molar-refractivity contribution in [2.75, 3.05) is 28.6 Å². The van der Waals surface area contributed by atoms with Gasteiger partial charge in [0.1, 0.15) is 5.69 Å². The lowest BCUT2D eigenvalue weighted by molar-refractivity contribution is 0.102. The number of hydrogen-bond acceptors (Lipinski definition) is 4. The number of carbonyl (C=O) groups excluding carboxylic acids is 1. The third kappa shape index (κ3) is 4.85. The van der Waals surface area contributed by atoms with Crippen LogP contribution in [0.2, 0.25) is 0 Å². The van der Waals surface area contributed by atoms with Crippen molar-refractivity contribution >= 4 is 28.7 Å². The Labute approximate surface area is 160 Å². The van der Waals surface area contributed by atoms with Crippen LogP contribution in [-0.4, -0.2) is 24.0 Å². The molecule has 3 aromatic rings. The average Bonchev–Trinajstić information content (AvgIpc) is 2.71. The third-order valence-electron chi connectivity index (χ3n) is 4.31. The van der Waals surface area contributed by atoms with E-state index in [0.29, 0.717) is 5.69 Å². The van der Waals surface area contributed by atoms with Gasteiger partial charge in [-0.3, -0.25) is 4.79 Å². The van der Waals surface area contributed by atoms with Gasteiger partial charge in [0, 0.05) is 30.2 Å². The molecule has 0 unspecified atom stereocenters. The lowest BCUT2D eigenvalue weighted by Crippen LogP contribution is -2.21. The molecule has 1 aromatic heterocycles. The van der Waals surface area contributed by atoms with E-state index in [9.17, 15) is 4.79 Å². The molecular weight excluding hydrogens is 336 g/mol. The Hall–Kier alpha value is -3.34. The minimum Gasteiger partial charge on any atom is -0.372 e. The summed E-state index contributed by atoms with van der Waals surface area (Å²) < 4.78 is 0. The van der Waals surface area contributed by atoms with Crippen LogP contribution < -0.4 is 15.5 Å². The zero-order valence-corrected chi connectivity index (χ0v) is 15.6. The fraction of sp³-hybridized carbons (Fsp3) is 0.182. The molecule has 0 fully saturated rings. The quantitative estimate of drug-likeness (QED) is 0.628. The zero-order valence-electron chi connectivity index (χ0n) is 15.6. The second-order valence-corrected chi connectivity index (χ2v) is 6.10. The van der Waals surface area contributed by atoms with Crippen LogP contribution in [0, 0.1) is 0 Å². The Bertz CT molecular complexity index is 857. The first-order valence-electron chi connectivity index (χ1n) is 9.14. The van der Waals surface area contributed by atoms with Crippen molar-refractivity contribution in [2.45, 2.75) is 13.8 Å². The Morgan fingerprint density at radius 1 is 0.852 bits per heavy atom. The Kier molecular flexibility index (Phi) is 6.05. The predicted molar refractivity (Wildman–Crippen MR) is 112 cm³/mol. The zero-order chi connectivity index (χ0) is 19.1. The second kappa shape index (κ2) is 8.85. The van der Waals surface area contributed by atoms with Gasteiger partial charge in [-0.15, -0.1) is 0 Å². The maximum atomic E-state index is 12.2. The number of carbonyl (C=O) groups is 1. The maximum absolute atomic E-state index is 12.2. The van der Waals surface area contributed by atoms with E-state index >= 15 is 0 Å². The number of benzene rings is 2. The molecule has 0 atom stereocenters. The van der Waals surface area contributed by atoms with Gasteiger partial charge in [0.25, 0.3) is 5.91 Å². The number of pyridine rings is 1. The van der Waals surface area contributed by atoms with Crippen LogP contribution >= 0.6 is 0 Å². The van der Waals surface area contributed by atoms with Gasteiger partial charge in [-0.05, 0) is 62.4 Å². The molecule has 0 saturated heterocycles. The molecule has 2 aromatic carbocycles. The molecule has 1 heterocycles. The average molecular weight is 360 g/mol. The number of rotatable bonds is 7. The van der Waals surface area contributed by atoms with E-state index in [2.05, 4.69) is 46.5 Å². The highest BCUT2D eigenvalue weighted by Crippen LogP contribution is 2.21. The van der Waals surface area contributed by atoms with Gasteiger partial charge in [0.2, 0.25) is 0 Å². The van der Waals surface area contributed by atoms with Gasteiger partial charge in [-0.1, -0.05) is 18.2 Å². The van der Waals surface area contributed by atoms with Gasteiger partial charge in [-0.2, -0.15) is 0 Å². The highest BCUT2D eigenvalue weighted by molar-refractivity contribution is 6.02. The lowest BCUT2D eigenvalue weighted by atomic mass is 10.2. The molecule has 0 aliphatic carbocycles. The Morgan fingerprint density at radius 3 is 2.11 bits per heavy atom. The first-order valence-corrected chi connectivity index (χ1v) is 9.14. The largest absolute Gasteiger partial charge is 0.372 e. The minimum atomic E-state index is -0.226. The maximum Gasteiger partial charge on any atom is 0.274 e. The third-order valence-corrected chi connectivity index (χ3v) is 4.31. The van der Waals surface area contributed by atoms with Crippen molar-refractivity contribution in [3.8, 4) is 0 Å². The van der Waals surface area contributed by atoms with Crippen molar-refractivity contribution in [3.63, 3.8) is 0 Å². The van der Waals surface area contributed by atoms with E-state index < -0.39 is 0 Å². The summed E-state index contributed by atoms with van der Waals surface area (Å²) in [6, 6.07) is 21.2. The van der Waals surface area contributed by atoms with Gasteiger partial charge >= 0.3 is 0 Å². The molecule has 0 radical (unpaired) electrons. The van der Waals surface area contributed by atoms with Gasteiger partial charge in [-0.25, -0.2) is 4.98 Å². The summed E-state index contributed by atoms with van der Waals surface area (Å²) in [6.45, 7) is 6.27. The van der Waals surface area contributed by atoms with Crippen LogP contribution in [0.15, 0.2) is 72.9 Å². The summed E-state index contributed by atoms with van der Waals surface area (Å²) in [6.07, 6.45) is 1.66. The normalized spacial score (nSPS) is 10.3. The summed E-state index contributed by atoms with van der Waals surface area (Å²) in [5, 5.41) is 6.14. The molecule has 27 heavy (non-hydrogen) atoms. The summed E-state index contributed by atoms with van der Waals surface area (Å²) in [5.74, 6) is -0.226. The summed E-state index contributed by atoms with van der Waals surface area (Å²) >= 11 is 0. The van der Waals surface area contributed by atoms with Crippen molar-refractivity contribution < 1.29 is 4.79 Å². The molecule has 5 nitrogen and oxygen atoms in total. The Balaban J connectivity index is 1.63. The fourth-order valence-electron chi connectivity index (χ4n) is 2.83. The number of nitrogens with zero attached hydrogens (tertiary/aromatic N) is 2. The van der Waals surface area contributed by atoms with Crippen LogP contribution in [0.5, 0.6) is 0 Å². The smallest absolute Gasteiger partial charge is 0.274 e. The van der Waals surface area contributed by atoms with Crippen molar-refractivity contribution in [1.82, 2.24) is 4.98 Å². The van der Waals surface area contributed by atoms with E-state index in [0.717, 1.165) is 30.2 Å². The second-order valence-electron chi connectivity index (χ2n) is 6.10. The predicted octanol–water partition coefficient (Wildman–Crippen LogP) is 4.92. The van der Waals surface area contributed by atoms with Gasteiger partial charge in [0.15, 0.2) is 0 Å². The van der Waals surface area contributed by atoms with Crippen LogP contribution in [0.1, 0.15) is 24.3 Å².